The molecule has 0 radical (unpaired) electrons. The van der Waals surface area contributed by atoms with Crippen LogP contribution in [0.5, 0.6) is 0 Å². The van der Waals surface area contributed by atoms with E-state index in [1.54, 1.807) is 36.1 Å². The number of hydrogen-bond acceptors (Lipinski definition) is 6. The second kappa shape index (κ2) is 12.6. The van der Waals surface area contributed by atoms with E-state index in [0.717, 1.165) is 12.8 Å². The Morgan fingerprint density at radius 3 is 2.37 bits per heavy atom. The molecule has 0 unspecified atom stereocenters. The summed E-state index contributed by atoms with van der Waals surface area (Å²) >= 11 is 0. The van der Waals surface area contributed by atoms with Crippen molar-refractivity contribution in [3.8, 4) is 0 Å². The van der Waals surface area contributed by atoms with Gasteiger partial charge in [-0.25, -0.2) is 9.59 Å². The molecule has 2 saturated heterocycles. The van der Waals surface area contributed by atoms with Gasteiger partial charge in [0.05, 0.1) is 25.2 Å². The molecule has 2 aliphatic rings. The first-order valence-electron chi connectivity index (χ1n) is 12.5. The topological polar surface area (TPSA) is 105 Å². The van der Waals surface area contributed by atoms with Gasteiger partial charge in [0.2, 0.25) is 5.91 Å². The van der Waals surface area contributed by atoms with E-state index in [0.29, 0.717) is 56.7 Å². The molecule has 192 valence electrons. The minimum Gasteiger partial charge on any atom is -0.469 e. The molecule has 3 rings (SSSR count). The molecule has 2 fully saturated rings. The van der Waals surface area contributed by atoms with Gasteiger partial charge >= 0.3 is 18.0 Å². The molecular weight excluding hydrogens is 450 g/mol. The zero-order chi connectivity index (χ0) is 25.4. The van der Waals surface area contributed by atoms with Crippen molar-refractivity contribution in [3.63, 3.8) is 0 Å². The van der Waals surface area contributed by atoms with Crippen LogP contribution in [0.15, 0.2) is 24.3 Å². The van der Waals surface area contributed by atoms with Gasteiger partial charge in [-0.2, -0.15) is 0 Å². The largest absolute Gasteiger partial charge is 0.469 e. The number of rotatable bonds is 7. The van der Waals surface area contributed by atoms with Gasteiger partial charge < -0.3 is 24.6 Å². The van der Waals surface area contributed by atoms with Crippen LogP contribution >= 0.6 is 0 Å². The lowest BCUT2D eigenvalue weighted by Crippen LogP contribution is -2.47. The molecule has 0 saturated carbocycles. The molecule has 0 aromatic heterocycles. The second-order valence-corrected chi connectivity index (χ2v) is 9.28. The summed E-state index contributed by atoms with van der Waals surface area (Å²) < 4.78 is 9.86. The number of nitrogens with one attached hydrogen (secondary N) is 1. The number of urea groups is 1. The van der Waals surface area contributed by atoms with Gasteiger partial charge in [0.25, 0.3) is 0 Å². The number of esters is 2. The highest BCUT2D eigenvalue weighted by molar-refractivity contribution is 5.94. The maximum atomic E-state index is 12.9. The Labute approximate surface area is 207 Å². The number of benzene rings is 1. The molecule has 0 spiro atoms. The van der Waals surface area contributed by atoms with Crippen molar-refractivity contribution in [3.05, 3.63) is 29.8 Å². The Hall–Kier alpha value is -3.10. The number of anilines is 1. The highest BCUT2D eigenvalue weighted by atomic mass is 16.5. The molecule has 2 heterocycles. The van der Waals surface area contributed by atoms with Crippen LogP contribution in [0.3, 0.4) is 0 Å². The maximum Gasteiger partial charge on any atom is 0.338 e. The van der Waals surface area contributed by atoms with Crippen LogP contribution in [0.25, 0.3) is 0 Å². The zero-order valence-electron chi connectivity index (χ0n) is 21.0. The van der Waals surface area contributed by atoms with E-state index in [1.165, 1.54) is 7.11 Å². The standard InChI is InChI=1S/C26H37N3O6/c1-4-18-17-29(26(33)27-22-8-6-7-21(15-22)25(32)35-5-2)14-11-20(18)16-23(30)28-12-9-19(10-13-28)24(31)34-3/h6-8,15,18-20H,4-5,9-14,16-17H2,1-3H3,(H,27,33)/t18-,20-/m0/s1. The summed E-state index contributed by atoms with van der Waals surface area (Å²) in [4.78, 5) is 53.2. The number of nitrogens with zero attached hydrogens (tertiary/aromatic N) is 2. The smallest absolute Gasteiger partial charge is 0.338 e. The number of likely N-dealkylation sites (tertiary alicyclic amines) is 2. The third-order valence-corrected chi connectivity index (χ3v) is 7.15. The van der Waals surface area contributed by atoms with Crippen LogP contribution < -0.4 is 5.32 Å². The fourth-order valence-electron chi connectivity index (χ4n) is 5.02. The van der Waals surface area contributed by atoms with E-state index in [1.807, 2.05) is 4.90 Å². The van der Waals surface area contributed by atoms with E-state index in [9.17, 15) is 19.2 Å². The van der Waals surface area contributed by atoms with Gasteiger partial charge in [-0.3, -0.25) is 9.59 Å². The second-order valence-electron chi connectivity index (χ2n) is 9.28. The number of ether oxygens (including phenoxy) is 2. The van der Waals surface area contributed by atoms with Crippen molar-refractivity contribution in [2.75, 3.05) is 45.2 Å². The fraction of sp³-hybridized carbons (Fsp3) is 0.615. The predicted molar refractivity (Wildman–Crippen MR) is 131 cm³/mol. The Kier molecular flexibility index (Phi) is 9.51. The molecule has 2 atom stereocenters. The van der Waals surface area contributed by atoms with Gasteiger partial charge in [-0.1, -0.05) is 19.4 Å². The van der Waals surface area contributed by atoms with E-state index in [-0.39, 0.29) is 42.3 Å². The summed E-state index contributed by atoms with van der Waals surface area (Å²) in [6.07, 6.45) is 3.40. The summed E-state index contributed by atoms with van der Waals surface area (Å²) in [6.45, 7) is 6.45. The van der Waals surface area contributed by atoms with Crippen molar-refractivity contribution in [1.29, 1.82) is 0 Å². The summed E-state index contributed by atoms with van der Waals surface area (Å²) in [5.41, 5.74) is 0.935. The lowest BCUT2D eigenvalue weighted by molar-refractivity contribution is -0.149. The Morgan fingerprint density at radius 2 is 1.71 bits per heavy atom. The monoisotopic (exact) mass is 487 g/mol. The predicted octanol–water partition coefficient (Wildman–Crippen LogP) is 3.55. The van der Waals surface area contributed by atoms with Crippen molar-refractivity contribution in [1.82, 2.24) is 9.80 Å². The Morgan fingerprint density at radius 1 is 1.00 bits per heavy atom. The fourth-order valence-corrected chi connectivity index (χ4v) is 5.02. The quantitative estimate of drug-likeness (QED) is 0.590. The SMILES string of the molecule is CCOC(=O)c1cccc(NC(=O)N2CC[C@@H](CC(=O)N3CCC(C(=O)OC)CC3)[C@@H](CC)C2)c1. The van der Waals surface area contributed by atoms with Crippen molar-refractivity contribution in [2.45, 2.75) is 46.0 Å². The van der Waals surface area contributed by atoms with Gasteiger partial charge in [0.1, 0.15) is 0 Å². The Bertz CT molecular complexity index is 912. The first kappa shape index (κ1) is 26.5. The lowest BCUT2D eigenvalue weighted by atomic mass is 9.81. The molecule has 1 aromatic rings. The number of carbonyl (C=O) groups is 4. The Balaban J connectivity index is 1.51. The molecule has 35 heavy (non-hydrogen) atoms. The first-order chi connectivity index (χ1) is 16.9. The van der Waals surface area contributed by atoms with Crippen molar-refractivity contribution < 1.29 is 28.7 Å². The van der Waals surface area contributed by atoms with Crippen molar-refractivity contribution in [2.24, 2.45) is 17.8 Å². The highest BCUT2D eigenvalue weighted by Gasteiger charge is 2.34. The number of hydrogen-bond donors (Lipinski definition) is 1. The van der Waals surface area contributed by atoms with Gasteiger partial charge in [-0.05, 0) is 56.2 Å². The number of carbonyl (C=O) groups excluding carboxylic acids is 4. The van der Waals surface area contributed by atoms with E-state index in [2.05, 4.69) is 12.2 Å². The molecule has 1 N–H and O–H groups in total. The number of methoxy groups -OCH3 is 1. The van der Waals surface area contributed by atoms with E-state index in [4.69, 9.17) is 9.47 Å². The molecule has 9 heteroatoms. The van der Waals surface area contributed by atoms with Crippen LogP contribution in [0, 0.1) is 17.8 Å². The summed E-state index contributed by atoms with van der Waals surface area (Å²) in [5.74, 6) is -0.146. The van der Waals surface area contributed by atoms with Crippen LogP contribution in [0.4, 0.5) is 10.5 Å². The molecule has 0 aliphatic carbocycles. The molecule has 3 amide bonds. The van der Waals surface area contributed by atoms with Gasteiger partial charge in [-0.15, -0.1) is 0 Å². The van der Waals surface area contributed by atoms with Gasteiger partial charge in [0, 0.05) is 38.3 Å². The average Bonchev–Trinajstić information content (AvgIpc) is 2.88. The van der Waals surface area contributed by atoms with Crippen LogP contribution in [-0.2, 0) is 19.1 Å². The minimum absolute atomic E-state index is 0.118. The molecule has 2 aliphatic heterocycles. The average molecular weight is 488 g/mol. The van der Waals surface area contributed by atoms with E-state index < -0.39 is 5.97 Å². The molecule has 0 bridgehead atoms. The summed E-state index contributed by atoms with van der Waals surface area (Å²) in [7, 11) is 1.40. The lowest BCUT2D eigenvalue weighted by Gasteiger charge is -2.39. The third-order valence-electron chi connectivity index (χ3n) is 7.15. The molecule has 9 nitrogen and oxygen atoms in total. The summed E-state index contributed by atoms with van der Waals surface area (Å²) in [5, 5.41) is 2.89. The van der Waals surface area contributed by atoms with Crippen LogP contribution in [-0.4, -0.2) is 73.6 Å². The van der Waals surface area contributed by atoms with Crippen molar-refractivity contribution >= 4 is 29.6 Å². The number of amides is 3. The third kappa shape index (κ3) is 6.96. The van der Waals surface area contributed by atoms with Crippen LogP contribution in [0.2, 0.25) is 0 Å². The first-order valence-corrected chi connectivity index (χ1v) is 12.5. The normalized spacial score (nSPS) is 20.8. The molecule has 1 aromatic carbocycles. The maximum absolute atomic E-state index is 12.9. The van der Waals surface area contributed by atoms with E-state index >= 15 is 0 Å². The minimum atomic E-state index is -0.422. The summed E-state index contributed by atoms with van der Waals surface area (Å²) in [6, 6.07) is 6.51. The zero-order valence-corrected chi connectivity index (χ0v) is 21.0. The van der Waals surface area contributed by atoms with Crippen LogP contribution in [0.1, 0.15) is 56.3 Å². The van der Waals surface area contributed by atoms with Gasteiger partial charge in [0.15, 0.2) is 0 Å². The number of piperidine rings is 2. The highest BCUT2D eigenvalue weighted by Crippen LogP contribution is 2.31. The molecular formula is C26H37N3O6.